The van der Waals surface area contributed by atoms with Crippen LogP contribution < -0.4 is 20.1 Å². The molecule has 2 amide bonds. The van der Waals surface area contributed by atoms with E-state index in [9.17, 15) is 14.9 Å². The smallest absolute Gasteiger partial charge is 0.266 e. The summed E-state index contributed by atoms with van der Waals surface area (Å²) >= 11 is 3.39. The van der Waals surface area contributed by atoms with Gasteiger partial charge in [0, 0.05) is 15.7 Å². The van der Waals surface area contributed by atoms with Gasteiger partial charge in [0.05, 0.1) is 12.8 Å². The fourth-order valence-electron chi connectivity index (χ4n) is 3.07. The Morgan fingerprint density at radius 2 is 1.82 bits per heavy atom. The molecule has 0 saturated heterocycles. The first kappa shape index (κ1) is 24.6. The van der Waals surface area contributed by atoms with Gasteiger partial charge in [-0.2, -0.15) is 5.26 Å². The number of anilines is 2. The van der Waals surface area contributed by atoms with Crippen LogP contribution in [-0.2, 0) is 9.59 Å². The summed E-state index contributed by atoms with van der Waals surface area (Å²) in [5.41, 5.74) is 2.45. The number of rotatable bonds is 8. The number of carbonyl (C=O) groups is 2. The number of halogens is 1. The van der Waals surface area contributed by atoms with Crippen molar-refractivity contribution >= 4 is 45.2 Å². The second kappa shape index (κ2) is 11.7. The van der Waals surface area contributed by atoms with Gasteiger partial charge in [-0.05, 0) is 61.0 Å². The lowest BCUT2D eigenvalue weighted by atomic mass is 10.1. The Kier molecular flexibility index (Phi) is 8.43. The maximum absolute atomic E-state index is 12.7. The molecular formula is C26H22BrN3O4. The Labute approximate surface area is 206 Å². The molecule has 0 bridgehead atoms. The highest BCUT2D eigenvalue weighted by Crippen LogP contribution is 2.27. The molecule has 0 fully saturated rings. The lowest BCUT2D eigenvalue weighted by molar-refractivity contribution is -0.118. The molecule has 172 valence electrons. The number of para-hydroxylation sites is 2. The third kappa shape index (κ3) is 6.70. The zero-order valence-electron chi connectivity index (χ0n) is 18.6. The Balaban J connectivity index is 1.75. The number of ether oxygens (including phenoxy) is 2. The number of nitrogens with zero attached hydrogens (tertiary/aromatic N) is 1. The zero-order chi connectivity index (χ0) is 24.5. The highest BCUT2D eigenvalue weighted by molar-refractivity contribution is 9.10. The number of amides is 2. The van der Waals surface area contributed by atoms with Crippen LogP contribution >= 0.6 is 15.9 Å². The summed E-state index contributed by atoms with van der Waals surface area (Å²) in [6, 6.07) is 21.3. The predicted molar refractivity (Wildman–Crippen MR) is 135 cm³/mol. The van der Waals surface area contributed by atoms with Crippen LogP contribution in [0.1, 0.15) is 11.1 Å². The molecule has 2 N–H and O–H groups in total. The number of aryl methyl sites for hydroxylation is 1. The Hall–Kier alpha value is -4.09. The third-order valence-electron chi connectivity index (χ3n) is 4.65. The molecule has 7 nitrogen and oxygen atoms in total. The third-order valence-corrected chi connectivity index (χ3v) is 5.15. The van der Waals surface area contributed by atoms with Gasteiger partial charge in [0.25, 0.3) is 11.8 Å². The van der Waals surface area contributed by atoms with Crippen LogP contribution in [0, 0.1) is 18.3 Å². The van der Waals surface area contributed by atoms with E-state index in [0.29, 0.717) is 28.4 Å². The van der Waals surface area contributed by atoms with Gasteiger partial charge in [-0.15, -0.1) is 0 Å². The first-order chi connectivity index (χ1) is 16.4. The monoisotopic (exact) mass is 519 g/mol. The molecule has 0 radical (unpaired) electrons. The van der Waals surface area contributed by atoms with Gasteiger partial charge in [0.15, 0.2) is 6.61 Å². The average Bonchev–Trinajstić information content (AvgIpc) is 2.82. The van der Waals surface area contributed by atoms with E-state index in [1.807, 2.05) is 25.1 Å². The Morgan fingerprint density at radius 3 is 2.56 bits per heavy atom. The van der Waals surface area contributed by atoms with Crippen LogP contribution in [0.2, 0.25) is 0 Å². The van der Waals surface area contributed by atoms with E-state index >= 15 is 0 Å². The first-order valence-electron chi connectivity index (χ1n) is 10.2. The number of hydrogen-bond donors (Lipinski definition) is 2. The second-order valence-electron chi connectivity index (χ2n) is 7.21. The normalized spacial score (nSPS) is 10.7. The first-order valence-corrected chi connectivity index (χ1v) is 11.0. The van der Waals surface area contributed by atoms with Crippen molar-refractivity contribution in [2.24, 2.45) is 0 Å². The quantitative estimate of drug-likeness (QED) is 0.309. The zero-order valence-corrected chi connectivity index (χ0v) is 20.2. The summed E-state index contributed by atoms with van der Waals surface area (Å²) < 4.78 is 11.7. The topological polar surface area (TPSA) is 100 Å². The summed E-state index contributed by atoms with van der Waals surface area (Å²) in [4.78, 5) is 25.1. The maximum Gasteiger partial charge on any atom is 0.266 e. The molecule has 8 heteroatoms. The van der Waals surface area contributed by atoms with E-state index in [1.165, 1.54) is 13.2 Å². The number of benzene rings is 3. The minimum absolute atomic E-state index is 0.108. The minimum Gasteiger partial charge on any atom is -0.495 e. The fraction of sp³-hybridized carbons (Fsp3) is 0.115. The number of nitriles is 1. The molecule has 34 heavy (non-hydrogen) atoms. The van der Waals surface area contributed by atoms with Crippen molar-refractivity contribution in [1.29, 1.82) is 5.26 Å². The largest absolute Gasteiger partial charge is 0.495 e. The molecule has 0 saturated carbocycles. The van der Waals surface area contributed by atoms with Crippen molar-refractivity contribution in [3.05, 3.63) is 87.9 Å². The number of hydrogen-bond acceptors (Lipinski definition) is 5. The van der Waals surface area contributed by atoms with E-state index in [-0.39, 0.29) is 18.1 Å². The van der Waals surface area contributed by atoms with Gasteiger partial charge in [-0.25, -0.2) is 0 Å². The van der Waals surface area contributed by atoms with Crippen LogP contribution in [0.25, 0.3) is 6.08 Å². The van der Waals surface area contributed by atoms with Gasteiger partial charge in [0.1, 0.15) is 23.1 Å². The van der Waals surface area contributed by atoms with Crippen molar-refractivity contribution in [3.8, 4) is 17.6 Å². The molecule has 0 aliphatic rings. The average molecular weight is 520 g/mol. The van der Waals surface area contributed by atoms with E-state index < -0.39 is 5.91 Å². The number of carbonyl (C=O) groups excluding carboxylic acids is 2. The summed E-state index contributed by atoms with van der Waals surface area (Å²) in [6.45, 7) is 1.63. The fourth-order valence-corrected chi connectivity index (χ4v) is 3.45. The standard InChI is InChI=1S/C26H22BrN3O4/c1-17-6-5-7-21(12-17)29-26(32)19(15-28)13-18-14-20(27)10-11-23(18)34-16-25(31)30-22-8-3-4-9-24(22)33-2/h3-14H,16H2,1-2H3,(H,29,32)(H,30,31)/b19-13+. The highest BCUT2D eigenvalue weighted by atomic mass is 79.9. The van der Waals surface area contributed by atoms with Crippen LogP contribution in [0.15, 0.2) is 76.8 Å². The molecule has 0 spiro atoms. The molecule has 0 atom stereocenters. The summed E-state index contributed by atoms with van der Waals surface area (Å²) in [5.74, 6) is -0.0659. The summed E-state index contributed by atoms with van der Waals surface area (Å²) in [6.07, 6.45) is 1.42. The SMILES string of the molecule is COc1ccccc1NC(=O)COc1ccc(Br)cc1/C=C(\C#N)C(=O)Nc1cccc(C)c1. The lowest BCUT2D eigenvalue weighted by Crippen LogP contribution is -2.20. The van der Waals surface area contributed by atoms with E-state index in [2.05, 4.69) is 26.6 Å². The van der Waals surface area contributed by atoms with E-state index in [1.54, 1.807) is 54.6 Å². The van der Waals surface area contributed by atoms with Crippen molar-refractivity contribution in [3.63, 3.8) is 0 Å². The second-order valence-corrected chi connectivity index (χ2v) is 8.13. The van der Waals surface area contributed by atoms with Gasteiger partial charge in [-0.1, -0.05) is 40.2 Å². The molecular weight excluding hydrogens is 498 g/mol. The molecule has 0 heterocycles. The lowest BCUT2D eigenvalue weighted by Gasteiger charge is -2.12. The summed E-state index contributed by atoms with van der Waals surface area (Å²) in [5, 5.41) is 15.0. The molecule has 3 aromatic rings. The van der Waals surface area contributed by atoms with Crippen molar-refractivity contribution in [1.82, 2.24) is 0 Å². The number of methoxy groups -OCH3 is 1. The van der Waals surface area contributed by atoms with Crippen LogP contribution in [0.3, 0.4) is 0 Å². The summed E-state index contributed by atoms with van der Waals surface area (Å²) in [7, 11) is 1.52. The van der Waals surface area contributed by atoms with Crippen molar-refractivity contribution in [2.45, 2.75) is 6.92 Å². The van der Waals surface area contributed by atoms with Crippen molar-refractivity contribution < 1.29 is 19.1 Å². The molecule has 0 aromatic heterocycles. The molecule has 0 aliphatic heterocycles. The molecule has 0 unspecified atom stereocenters. The Bertz CT molecular complexity index is 1280. The molecule has 3 aromatic carbocycles. The van der Waals surface area contributed by atoms with Crippen LogP contribution in [-0.4, -0.2) is 25.5 Å². The Morgan fingerprint density at radius 1 is 1.03 bits per heavy atom. The molecule has 3 rings (SSSR count). The van der Waals surface area contributed by atoms with Crippen LogP contribution in [0.4, 0.5) is 11.4 Å². The van der Waals surface area contributed by atoms with Crippen molar-refractivity contribution in [2.75, 3.05) is 24.4 Å². The predicted octanol–water partition coefficient (Wildman–Crippen LogP) is 5.33. The van der Waals surface area contributed by atoms with E-state index in [0.717, 1.165) is 10.0 Å². The van der Waals surface area contributed by atoms with E-state index in [4.69, 9.17) is 9.47 Å². The maximum atomic E-state index is 12.7. The van der Waals surface area contributed by atoms with Gasteiger partial charge in [-0.3, -0.25) is 9.59 Å². The van der Waals surface area contributed by atoms with Gasteiger partial charge in [0.2, 0.25) is 0 Å². The minimum atomic E-state index is -0.548. The van der Waals surface area contributed by atoms with Gasteiger partial charge >= 0.3 is 0 Å². The molecule has 0 aliphatic carbocycles. The number of nitrogens with one attached hydrogen (secondary N) is 2. The van der Waals surface area contributed by atoms with Gasteiger partial charge < -0.3 is 20.1 Å². The highest BCUT2D eigenvalue weighted by Gasteiger charge is 2.14. The van der Waals surface area contributed by atoms with Crippen LogP contribution in [0.5, 0.6) is 11.5 Å².